The fourth-order valence-corrected chi connectivity index (χ4v) is 7.81. The number of hydrogen-bond donors (Lipinski definition) is 3. The normalized spacial score (nSPS) is 61.4. The number of fused-ring (bicyclic) bond motifs is 2. The van der Waals surface area contributed by atoms with E-state index in [2.05, 4.69) is 0 Å². The van der Waals surface area contributed by atoms with Crippen LogP contribution in [0.3, 0.4) is 0 Å². The van der Waals surface area contributed by atoms with Gasteiger partial charge >= 0.3 is 5.97 Å². The van der Waals surface area contributed by atoms with Gasteiger partial charge in [-0.25, -0.2) is 0 Å². The second kappa shape index (κ2) is 4.70. The van der Waals surface area contributed by atoms with Crippen LogP contribution in [0.4, 0.5) is 0 Å². The summed E-state index contributed by atoms with van der Waals surface area (Å²) in [6.45, 7) is 3.94. The largest absolute Gasteiger partial charge is 0.462 e. The van der Waals surface area contributed by atoms with Crippen molar-refractivity contribution in [3.8, 4) is 0 Å². The molecule has 3 N–H and O–H groups in total. The molecule has 28 heavy (non-hydrogen) atoms. The molecule has 0 amide bonds. The smallest absolute Gasteiger partial charge is 0.306 e. The van der Waals surface area contributed by atoms with Gasteiger partial charge in [-0.3, -0.25) is 9.59 Å². The van der Waals surface area contributed by atoms with E-state index in [1.165, 1.54) is 6.08 Å². The van der Waals surface area contributed by atoms with Crippen LogP contribution in [0.25, 0.3) is 0 Å². The number of allylic oxidation sites excluding steroid dienone is 1. The molecule has 152 valence electrons. The fraction of sp³-hybridized carbons (Fsp3) is 0.800. The van der Waals surface area contributed by atoms with Crippen LogP contribution in [-0.2, 0) is 23.8 Å². The van der Waals surface area contributed by atoms with Crippen LogP contribution >= 0.6 is 0 Å². The van der Waals surface area contributed by atoms with Gasteiger partial charge in [0.1, 0.15) is 23.9 Å². The first-order valence-electron chi connectivity index (χ1n) is 9.90. The highest BCUT2D eigenvalue weighted by Gasteiger charge is 2.87. The average Bonchev–Trinajstić information content (AvgIpc) is 3.38. The Kier molecular flexibility index (Phi) is 2.94. The zero-order valence-corrected chi connectivity index (χ0v) is 15.8. The van der Waals surface area contributed by atoms with Crippen LogP contribution in [0.5, 0.6) is 0 Å². The lowest BCUT2D eigenvalue weighted by Gasteiger charge is -2.67. The molecule has 0 aromatic rings. The molecular weight excluding hydrogens is 368 g/mol. The van der Waals surface area contributed by atoms with Gasteiger partial charge in [0.15, 0.2) is 11.6 Å². The van der Waals surface area contributed by atoms with Crippen molar-refractivity contribution in [1.29, 1.82) is 0 Å². The third kappa shape index (κ3) is 1.54. The number of rotatable bonds is 0. The molecule has 6 rings (SSSR count). The highest BCUT2D eigenvalue weighted by molar-refractivity contribution is 5.96. The summed E-state index contributed by atoms with van der Waals surface area (Å²) in [5.74, 6) is -4.21. The molecule has 0 aromatic heterocycles. The van der Waals surface area contributed by atoms with Crippen molar-refractivity contribution in [2.24, 2.45) is 28.6 Å². The summed E-state index contributed by atoms with van der Waals surface area (Å²) in [6, 6.07) is 0. The number of ether oxygens (including phenoxy) is 3. The topological polar surface area (TPSA) is 126 Å². The van der Waals surface area contributed by atoms with E-state index in [1.807, 2.05) is 6.92 Å². The third-order valence-corrected chi connectivity index (χ3v) is 8.92. The number of epoxide rings is 1. The summed E-state index contributed by atoms with van der Waals surface area (Å²) < 4.78 is 17.4. The molecule has 2 bridgehead atoms. The quantitative estimate of drug-likeness (QED) is 0.365. The lowest BCUT2D eigenvalue weighted by molar-refractivity contribution is -0.335. The van der Waals surface area contributed by atoms with Crippen LogP contribution in [0, 0.1) is 28.6 Å². The molecule has 3 heterocycles. The Balaban J connectivity index is 1.63. The van der Waals surface area contributed by atoms with Gasteiger partial charge in [-0.15, -0.1) is 0 Å². The molecule has 2 saturated carbocycles. The van der Waals surface area contributed by atoms with E-state index in [1.54, 1.807) is 6.92 Å². The van der Waals surface area contributed by atoms with E-state index in [0.29, 0.717) is 6.42 Å². The first kappa shape index (κ1) is 17.5. The van der Waals surface area contributed by atoms with E-state index >= 15 is 0 Å². The molecule has 3 aliphatic carbocycles. The number of hydrogen-bond acceptors (Lipinski definition) is 8. The van der Waals surface area contributed by atoms with Crippen LogP contribution in [0.1, 0.15) is 26.7 Å². The van der Waals surface area contributed by atoms with Gasteiger partial charge in [-0.2, -0.15) is 0 Å². The summed E-state index contributed by atoms with van der Waals surface area (Å²) >= 11 is 0. The van der Waals surface area contributed by atoms with Crippen LogP contribution in [0.2, 0.25) is 0 Å². The number of aliphatic hydroxyl groups is 3. The van der Waals surface area contributed by atoms with Gasteiger partial charge in [0.2, 0.25) is 0 Å². The van der Waals surface area contributed by atoms with Gasteiger partial charge in [-0.05, 0) is 25.3 Å². The zero-order valence-electron chi connectivity index (χ0n) is 15.8. The van der Waals surface area contributed by atoms with E-state index in [9.17, 15) is 24.9 Å². The van der Waals surface area contributed by atoms with Crippen LogP contribution < -0.4 is 0 Å². The summed E-state index contributed by atoms with van der Waals surface area (Å²) in [5, 5.41) is 33.8. The molecule has 0 unspecified atom stereocenters. The first-order chi connectivity index (χ1) is 13.1. The molecule has 8 nitrogen and oxygen atoms in total. The third-order valence-electron chi connectivity index (χ3n) is 8.92. The first-order valence-corrected chi connectivity index (χ1v) is 9.90. The van der Waals surface area contributed by atoms with Crippen molar-refractivity contribution >= 4 is 11.8 Å². The standard InChI is InChI=1S/C20H24O8/c1-8-3-10(21)14(23)17(2)9(8)4-12-18-6-27-20(25,15(17)18)16(24)19(7-26-19)11(18)5-13(22)28-12/h3,9,11-12,14-16,23-25H,4-7H2,1-2H3/t9-,11+,12+,14+,15+,16+,17+,18+,19-,20+/m0/s1. The van der Waals surface area contributed by atoms with Crippen molar-refractivity contribution in [3.05, 3.63) is 11.6 Å². The molecule has 3 aliphatic heterocycles. The Hall–Kier alpha value is -1.32. The number of carbonyl (C=O) groups excluding carboxylic acids is 2. The van der Waals surface area contributed by atoms with Crippen molar-refractivity contribution in [1.82, 2.24) is 0 Å². The Morgan fingerprint density at radius 1 is 1.18 bits per heavy atom. The summed E-state index contributed by atoms with van der Waals surface area (Å²) in [6.07, 6.45) is -1.31. The maximum atomic E-state index is 12.6. The number of carbonyl (C=O) groups is 2. The van der Waals surface area contributed by atoms with Crippen LogP contribution in [0.15, 0.2) is 11.6 Å². The Labute approximate surface area is 161 Å². The predicted molar refractivity (Wildman–Crippen MR) is 90.5 cm³/mol. The predicted octanol–water partition coefficient (Wildman–Crippen LogP) is -0.701. The monoisotopic (exact) mass is 392 g/mol. The lowest BCUT2D eigenvalue weighted by atomic mass is 9.38. The Morgan fingerprint density at radius 2 is 1.89 bits per heavy atom. The second-order valence-corrected chi connectivity index (χ2v) is 9.81. The molecule has 10 atom stereocenters. The van der Waals surface area contributed by atoms with Crippen molar-refractivity contribution < 1.29 is 39.1 Å². The molecule has 0 radical (unpaired) electrons. The van der Waals surface area contributed by atoms with E-state index < -0.39 is 58.1 Å². The van der Waals surface area contributed by atoms with E-state index in [-0.39, 0.29) is 31.5 Å². The number of esters is 1. The Bertz CT molecular complexity index is 847. The molecule has 3 saturated heterocycles. The number of aliphatic hydroxyl groups excluding tert-OH is 2. The average molecular weight is 392 g/mol. The molecular formula is C20H24O8. The molecule has 8 heteroatoms. The van der Waals surface area contributed by atoms with Crippen molar-refractivity contribution in [3.63, 3.8) is 0 Å². The minimum Gasteiger partial charge on any atom is -0.462 e. The van der Waals surface area contributed by atoms with Crippen molar-refractivity contribution in [2.45, 2.75) is 56.4 Å². The van der Waals surface area contributed by atoms with Crippen LogP contribution in [-0.4, -0.2) is 70.0 Å². The highest BCUT2D eigenvalue weighted by atomic mass is 16.7. The maximum Gasteiger partial charge on any atom is 0.306 e. The minimum absolute atomic E-state index is 0.0586. The van der Waals surface area contributed by atoms with Gasteiger partial charge in [0.25, 0.3) is 0 Å². The SMILES string of the molecule is CC1=CC(=O)[C@@H](O)[C@]2(C)[C@H]3[C@@]4(O)OC[C@@]35[C@@H](C[C@@H]12)OC(=O)C[C@H]5[C@@]1(CO1)[C@H]4O. The molecule has 6 aliphatic rings. The number of ketones is 1. The summed E-state index contributed by atoms with van der Waals surface area (Å²) in [4.78, 5) is 25.0. The lowest BCUT2D eigenvalue weighted by Crippen LogP contribution is -2.78. The molecule has 2 spiro atoms. The zero-order chi connectivity index (χ0) is 19.9. The summed E-state index contributed by atoms with van der Waals surface area (Å²) in [7, 11) is 0. The molecule has 0 aromatic carbocycles. The van der Waals surface area contributed by atoms with Gasteiger partial charge in [0, 0.05) is 22.7 Å². The highest BCUT2D eigenvalue weighted by Crippen LogP contribution is 2.76. The fourth-order valence-electron chi connectivity index (χ4n) is 7.81. The van der Waals surface area contributed by atoms with Gasteiger partial charge in [0.05, 0.1) is 19.6 Å². The maximum absolute atomic E-state index is 12.6. The molecule has 5 fully saturated rings. The van der Waals surface area contributed by atoms with Gasteiger partial charge in [-0.1, -0.05) is 12.5 Å². The van der Waals surface area contributed by atoms with E-state index in [4.69, 9.17) is 14.2 Å². The second-order valence-electron chi connectivity index (χ2n) is 9.81. The minimum atomic E-state index is -1.98. The van der Waals surface area contributed by atoms with Gasteiger partial charge < -0.3 is 29.5 Å². The van der Waals surface area contributed by atoms with Crippen molar-refractivity contribution in [2.75, 3.05) is 13.2 Å². The summed E-state index contributed by atoms with van der Waals surface area (Å²) in [5.41, 5.74) is -2.14. The Morgan fingerprint density at radius 3 is 2.57 bits per heavy atom. The van der Waals surface area contributed by atoms with E-state index in [0.717, 1.165) is 5.57 Å².